The van der Waals surface area contributed by atoms with Gasteiger partial charge in [-0.1, -0.05) is 18.2 Å². The van der Waals surface area contributed by atoms with E-state index in [1.807, 2.05) is 0 Å². The summed E-state index contributed by atoms with van der Waals surface area (Å²) in [6.07, 6.45) is -2.31. The van der Waals surface area contributed by atoms with Gasteiger partial charge in [-0.25, -0.2) is 14.0 Å². The van der Waals surface area contributed by atoms with E-state index in [1.54, 1.807) is 6.07 Å². The maximum Gasteiger partial charge on any atom is 0.412 e. The van der Waals surface area contributed by atoms with Gasteiger partial charge in [0, 0.05) is 25.2 Å². The molecule has 1 aromatic carbocycles. The van der Waals surface area contributed by atoms with Crippen LogP contribution in [0.1, 0.15) is 5.56 Å². The molecule has 2 aliphatic rings. The largest absolute Gasteiger partial charge is 0.465 e. The van der Waals surface area contributed by atoms with Gasteiger partial charge in [0.2, 0.25) is 0 Å². The molecule has 28 heavy (non-hydrogen) atoms. The Bertz CT molecular complexity index is 881. The number of benzene rings is 1. The third-order valence-corrected chi connectivity index (χ3v) is 5.22. The molecule has 2 heterocycles. The molecule has 2 N–H and O–H groups in total. The third-order valence-electron chi connectivity index (χ3n) is 4.65. The van der Waals surface area contributed by atoms with E-state index >= 15 is 0 Å². The van der Waals surface area contributed by atoms with Crippen molar-refractivity contribution in [2.24, 2.45) is 0 Å². The van der Waals surface area contributed by atoms with Crippen molar-refractivity contribution >= 4 is 22.3 Å². The lowest BCUT2D eigenvalue weighted by Crippen LogP contribution is -2.69. The van der Waals surface area contributed by atoms with Crippen LogP contribution < -0.4 is 5.32 Å². The minimum atomic E-state index is -3.76. The second-order valence-corrected chi connectivity index (χ2v) is 8.16. The van der Waals surface area contributed by atoms with Crippen molar-refractivity contribution in [3.05, 3.63) is 35.6 Å². The van der Waals surface area contributed by atoms with Crippen LogP contribution in [0.5, 0.6) is 0 Å². The average Bonchev–Trinajstić information content (AvgIpc) is 3.01. The Labute approximate surface area is 160 Å². The summed E-state index contributed by atoms with van der Waals surface area (Å²) in [7, 11) is -3.76. The van der Waals surface area contributed by atoms with Gasteiger partial charge >= 0.3 is 12.2 Å². The molecular weight excluding hydrogens is 397 g/mol. The number of ether oxygens (including phenoxy) is 1. The molecule has 12 heteroatoms. The molecule has 3 rings (SSSR count). The highest BCUT2D eigenvalue weighted by Gasteiger charge is 2.55. The molecule has 2 amide bonds. The minimum absolute atomic E-state index is 0.00812. The lowest BCUT2D eigenvalue weighted by molar-refractivity contribution is -0.0371. The average molecular weight is 417 g/mol. The zero-order valence-electron chi connectivity index (χ0n) is 15.0. The Morgan fingerprint density at radius 2 is 2.18 bits per heavy atom. The van der Waals surface area contributed by atoms with Gasteiger partial charge in [0.1, 0.15) is 18.5 Å². The number of carboxylic acid groups (broad SMARTS) is 1. The number of carbonyl (C=O) groups is 2. The second-order valence-electron chi connectivity index (χ2n) is 6.51. The van der Waals surface area contributed by atoms with Crippen LogP contribution in [0.15, 0.2) is 24.3 Å². The number of hydrogen-bond acceptors (Lipinski definition) is 7. The number of hydrogen-bond donors (Lipinski definition) is 2. The van der Waals surface area contributed by atoms with Crippen LogP contribution in [-0.4, -0.2) is 80.7 Å². The van der Waals surface area contributed by atoms with Gasteiger partial charge in [0.15, 0.2) is 5.66 Å². The first-order valence-corrected chi connectivity index (χ1v) is 10.3. The van der Waals surface area contributed by atoms with Crippen LogP contribution >= 0.6 is 0 Å². The number of carbonyl (C=O) groups excluding carboxylic acids is 1. The van der Waals surface area contributed by atoms with Crippen molar-refractivity contribution < 1.29 is 36.4 Å². The van der Waals surface area contributed by atoms with E-state index in [0.717, 1.165) is 16.1 Å². The zero-order chi connectivity index (χ0) is 20.5. The molecule has 0 radical (unpaired) electrons. The summed E-state index contributed by atoms with van der Waals surface area (Å²) >= 11 is 0. The fraction of sp³-hybridized carbons (Fsp3) is 0.500. The molecule has 2 aliphatic heterocycles. The Balaban J connectivity index is 2.01. The van der Waals surface area contributed by atoms with Crippen molar-refractivity contribution in [3.63, 3.8) is 0 Å². The standard InChI is InChI=1S/C16H20FN3O7S/c1-28(24,25)26-9-11-8-20(15(23)27-11)16(12-4-2-3-5-13(12)17)10-18-6-7-19(16)14(21)22/h2-5,11,18H,6-10H2,1H3,(H,21,22). The first kappa shape index (κ1) is 20.3. The summed E-state index contributed by atoms with van der Waals surface area (Å²) in [4.78, 5) is 26.6. The van der Waals surface area contributed by atoms with Gasteiger partial charge in [0.25, 0.3) is 10.1 Å². The Kier molecular flexibility index (Phi) is 5.46. The lowest BCUT2D eigenvalue weighted by atomic mass is 9.92. The van der Waals surface area contributed by atoms with E-state index < -0.39 is 46.5 Å². The fourth-order valence-corrected chi connectivity index (χ4v) is 3.91. The summed E-state index contributed by atoms with van der Waals surface area (Å²) in [6, 6.07) is 5.59. The molecule has 154 valence electrons. The Hall–Kier alpha value is -2.44. The molecule has 10 nitrogen and oxygen atoms in total. The predicted molar refractivity (Wildman–Crippen MR) is 93.4 cm³/mol. The predicted octanol–water partition coefficient (Wildman–Crippen LogP) is 0.359. The van der Waals surface area contributed by atoms with E-state index in [0.29, 0.717) is 6.54 Å². The number of piperazine rings is 1. The van der Waals surface area contributed by atoms with E-state index in [2.05, 4.69) is 9.50 Å². The molecule has 2 saturated heterocycles. The van der Waals surface area contributed by atoms with Gasteiger partial charge in [-0.15, -0.1) is 0 Å². The van der Waals surface area contributed by atoms with Crippen molar-refractivity contribution in [2.75, 3.05) is 39.0 Å². The molecule has 2 fully saturated rings. The Morgan fingerprint density at radius 1 is 1.46 bits per heavy atom. The van der Waals surface area contributed by atoms with Crippen molar-refractivity contribution in [3.8, 4) is 0 Å². The number of cyclic esters (lactones) is 1. The monoisotopic (exact) mass is 417 g/mol. The van der Waals surface area contributed by atoms with Gasteiger partial charge in [0.05, 0.1) is 12.8 Å². The molecule has 2 unspecified atom stereocenters. The quantitative estimate of drug-likeness (QED) is 0.658. The molecule has 0 spiro atoms. The molecular formula is C16H20FN3O7S. The normalized spacial score (nSPS) is 25.6. The lowest BCUT2D eigenvalue weighted by Gasteiger charge is -2.50. The maximum absolute atomic E-state index is 14.7. The summed E-state index contributed by atoms with van der Waals surface area (Å²) in [5, 5.41) is 12.7. The van der Waals surface area contributed by atoms with Crippen LogP contribution in [-0.2, 0) is 24.7 Å². The summed E-state index contributed by atoms with van der Waals surface area (Å²) in [6.45, 7) is -0.317. The fourth-order valence-electron chi connectivity index (χ4n) is 3.51. The van der Waals surface area contributed by atoms with Crippen LogP contribution in [0.4, 0.5) is 14.0 Å². The first-order chi connectivity index (χ1) is 13.1. The highest BCUT2D eigenvalue weighted by Crippen LogP contribution is 2.38. The molecule has 2 atom stereocenters. The number of nitrogens with zero attached hydrogens (tertiary/aromatic N) is 2. The number of rotatable bonds is 5. The smallest absolute Gasteiger partial charge is 0.412 e. The first-order valence-electron chi connectivity index (χ1n) is 8.44. The van der Waals surface area contributed by atoms with Crippen molar-refractivity contribution in [1.29, 1.82) is 0 Å². The van der Waals surface area contributed by atoms with Crippen LogP contribution in [0, 0.1) is 5.82 Å². The van der Waals surface area contributed by atoms with Gasteiger partial charge < -0.3 is 15.2 Å². The molecule has 0 bridgehead atoms. The summed E-state index contributed by atoms with van der Waals surface area (Å²) < 4.78 is 47.0. The maximum atomic E-state index is 14.7. The van der Waals surface area contributed by atoms with Gasteiger partial charge in [-0.3, -0.25) is 14.0 Å². The zero-order valence-corrected chi connectivity index (χ0v) is 15.8. The molecule has 0 saturated carbocycles. The van der Waals surface area contributed by atoms with Gasteiger partial charge in [-0.05, 0) is 6.07 Å². The molecule has 1 aromatic rings. The number of nitrogens with one attached hydrogen (secondary N) is 1. The summed E-state index contributed by atoms with van der Waals surface area (Å²) in [5.41, 5.74) is -1.70. The van der Waals surface area contributed by atoms with E-state index in [9.17, 15) is 27.5 Å². The van der Waals surface area contributed by atoms with Gasteiger partial charge in [-0.2, -0.15) is 8.42 Å². The van der Waals surface area contributed by atoms with Crippen molar-refractivity contribution in [2.45, 2.75) is 11.8 Å². The van der Waals surface area contributed by atoms with Crippen LogP contribution in [0.25, 0.3) is 0 Å². The number of amides is 2. The number of halogens is 1. The van der Waals surface area contributed by atoms with Crippen LogP contribution in [0.3, 0.4) is 0 Å². The third kappa shape index (κ3) is 3.75. The van der Waals surface area contributed by atoms with E-state index in [4.69, 9.17) is 4.74 Å². The second kappa shape index (κ2) is 7.53. The Morgan fingerprint density at radius 3 is 2.82 bits per heavy atom. The van der Waals surface area contributed by atoms with E-state index in [1.165, 1.54) is 18.2 Å². The highest BCUT2D eigenvalue weighted by atomic mass is 32.2. The topological polar surface area (TPSA) is 125 Å². The van der Waals surface area contributed by atoms with Crippen molar-refractivity contribution in [1.82, 2.24) is 15.1 Å². The minimum Gasteiger partial charge on any atom is -0.465 e. The summed E-state index contributed by atoms with van der Waals surface area (Å²) in [5.74, 6) is -0.680. The van der Waals surface area contributed by atoms with Crippen LogP contribution in [0.2, 0.25) is 0 Å². The highest BCUT2D eigenvalue weighted by molar-refractivity contribution is 7.85. The molecule has 0 aliphatic carbocycles. The SMILES string of the molecule is CS(=O)(=O)OCC1CN(C2(c3ccccc3F)CNCCN2C(=O)O)C(=O)O1. The molecule has 0 aromatic heterocycles. The van der Waals surface area contributed by atoms with E-state index in [-0.39, 0.29) is 25.2 Å².